The van der Waals surface area contributed by atoms with Crippen LogP contribution in [-0.4, -0.2) is 15.4 Å². The Labute approximate surface area is 116 Å². The van der Waals surface area contributed by atoms with Crippen LogP contribution in [0.25, 0.3) is 5.65 Å². The highest BCUT2D eigenvalue weighted by atomic mass is 16.5. The number of hydrogen-bond donors (Lipinski definition) is 0. The summed E-state index contributed by atoms with van der Waals surface area (Å²) in [6, 6.07) is 13.5. The van der Waals surface area contributed by atoms with Crippen molar-refractivity contribution in [2.75, 3.05) is 0 Å². The van der Waals surface area contributed by atoms with Gasteiger partial charge in [0.05, 0.1) is 0 Å². The van der Waals surface area contributed by atoms with E-state index in [1.165, 1.54) is 0 Å². The van der Waals surface area contributed by atoms with Gasteiger partial charge in [0.15, 0.2) is 5.69 Å². The normalized spacial score (nSPS) is 10.7. The number of pyridine rings is 1. The van der Waals surface area contributed by atoms with Gasteiger partial charge in [-0.15, -0.1) is 0 Å². The summed E-state index contributed by atoms with van der Waals surface area (Å²) in [4.78, 5) is 16.2. The molecule has 0 aliphatic heterocycles. The summed E-state index contributed by atoms with van der Waals surface area (Å²) < 4.78 is 7.08. The number of aryl methyl sites for hydroxylation is 1. The summed E-state index contributed by atoms with van der Waals surface area (Å²) >= 11 is 0. The summed E-state index contributed by atoms with van der Waals surface area (Å²) in [5, 5.41) is 0. The zero-order chi connectivity index (χ0) is 13.9. The molecule has 0 spiro atoms. The Morgan fingerprint density at radius 1 is 1.25 bits per heavy atom. The van der Waals surface area contributed by atoms with E-state index < -0.39 is 5.97 Å². The largest absolute Gasteiger partial charge is 0.456 e. The maximum atomic E-state index is 12.0. The molecular weight excluding hydrogens is 252 g/mol. The summed E-state index contributed by atoms with van der Waals surface area (Å²) in [5.41, 5.74) is 3.17. The maximum Gasteiger partial charge on any atom is 0.358 e. The van der Waals surface area contributed by atoms with Crippen molar-refractivity contribution in [3.05, 3.63) is 71.7 Å². The summed E-state index contributed by atoms with van der Waals surface area (Å²) in [5.74, 6) is -0.407. The molecule has 2 aromatic heterocycles. The molecule has 0 amide bonds. The van der Waals surface area contributed by atoms with Gasteiger partial charge >= 0.3 is 5.97 Å². The predicted molar refractivity (Wildman–Crippen MR) is 75.5 cm³/mol. The molecule has 0 bridgehead atoms. The van der Waals surface area contributed by atoms with Gasteiger partial charge in [-0.1, -0.05) is 35.9 Å². The van der Waals surface area contributed by atoms with Gasteiger partial charge in [0.2, 0.25) is 0 Å². The number of ether oxygens (including phenoxy) is 1. The first-order valence-electron chi connectivity index (χ1n) is 6.39. The SMILES string of the molecule is Cc1cccc(COC(=O)c2cn3ccccc3n2)c1. The molecule has 4 nitrogen and oxygen atoms in total. The van der Waals surface area contributed by atoms with Crippen LogP contribution in [0.15, 0.2) is 54.9 Å². The zero-order valence-corrected chi connectivity index (χ0v) is 11.1. The zero-order valence-electron chi connectivity index (χ0n) is 11.1. The van der Waals surface area contributed by atoms with Gasteiger partial charge in [-0.3, -0.25) is 0 Å². The molecule has 1 aromatic carbocycles. The molecule has 3 aromatic rings. The lowest BCUT2D eigenvalue weighted by Crippen LogP contribution is -2.05. The van der Waals surface area contributed by atoms with Crippen molar-refractivity contribution in [3.8, 4) is 0 Å². The van der Waals surface area contributed by atoms with Crippen LogP contribution in [-0.2, 0) is 11.3 Å². The number of aromatic nitrogens is 2. The molecule has 2 heterocycles. The van der Waals surface area contributed by atoms with Crippen LogP contribution in [0.4, 0.5) is 0 Å². The predicted octanol–water partition coefficient (Wildman–Crippen LogP) is 3.00. The number of carbonyl (C=O) groups is 1. The van der Waals surface area contributed by atoms with Gasteiger partial charge in [-0.2, -0.15) is 0 Å². The number of nitrogens with zero attached hydrogens (tertiary/aromatic N) is 2. The van der Waals surface area contributed by atoms with E-state index in [-0.39, 0.29) is 6.61 Å². The van der Waals surface area contributed by atoms with E-state index in [1.54, 1.807) is 10.6 Å². The number of carbonyl (C=O) groups excluding carboxylic acids is 1. The quantitative estimate of drug-likeness (QED) is 0.684. The first kappa shape index (κ1) is 12.4. The molecule has 4 heteroatoms. The van der Waals surface area contributed by atoms with Crippen LogP contribution >= 0.6 is 0 Å². The fourth-order valence-corrected chi connectivity index (χ4v) is 2.06. The minimum absolute atomic E-state index is 0.258. The van der Waals surface area contributed by atoms with Crippen molar-refractivity contribution < 1.29 is 9.53 Å². The van der Waals surface area contributed by atoms with E-state index in [1.807, 2.05) is 55.6 Å². The van der Waals surface area contributed by atoms with E-state index in [9.17, 15) is 4.79 Å². The van der Waals surface area contributed by atoms with Crippen molar-refractivity contribution in [3.63, 3.8) is 0 Å². The molecule has 0 atom stereocenters. The van der Waals surface area contributed by atoms with Crippen LogP contribution in [0.5, 0.6) is 0 Å². The molecular formula is C16H14N2O2. The van der Waals surface area contributed by atoms with Crippen molar-refractivity contribution >= 4 is 11.6 Å². The molecule has 0 aliphatic carbocycles. The topological polar surface area (TPSA) is 43.6 Å². The van der Waals surface area contributed by atoms with Gasteiger partial charge in [0.25, 0.3) is 0 Å². The third-order valence-corrected chi connectivity index (χ3v) is 3.03. The smallest absolute Gasteiger partial charge is 0.358 e. The summed E-state index contributed by atoms with van der Waals surface area (Å²) in [7, 11) is 0. The second kappa shape index (κ2) is 5.17. The number of esters is 1. The Kier molecular flexibility index (Phi) is 3.21. The number of rotatable bonds is 3. The van der Waals surface area contributed by atoms with Gasteiger partial charge in [-0.25, -0.2) is 9.78 Å². The van der Waals surface area contributed by atoms with E-state index in [4.69, 9.17) is 4.74 Å². The molecule has 0 saturated heterocycles. The monoisotopic (exact) mass is 266 g/mol. The maximum absolute atomic E-state index is 12.0. The van der Waals surface area contributed by atoms with E-state index in [0.717, 1.165) is 16.8 Å². The minimum Gasteiger partial charge on any atom is -0.456 e. The molecule has 100 valence electrons. The van der Waals surface area contributed by atoms with Crippen molar-refractivity contribution in [2.24, 2.45) is 0 Å². The highest BCUT2D eigenvalue weighted by Gasteiger charge is 2.12. The molecule has 0 unspecified atom stereocenters. The van der Waals surface area contributed by atoms with Gasteiger partial charge in [0, 0.05) is 12.4 Å². The molecule has 0 aliphatic rings. The van der Waals surface area contributed by atoms with E-state index >= 15 is 0 Å². The first-order chi connectivity index (χ1) is 9.72. The van der Waals surface area contributed by atoms with Crippen molar-refractivity contribution in [1.29, 1.82) is 0 Å². The molecule has 3 rings (SSSR count). The lowest BCUT2D eigenvalue weighted by atomic mass is 10.1. The van der Waals surface area contributed by atoms with Crippen LogP contribution in [0, 0.1) is 6.92 Å². The minimum atomic E-state index is -0.407. The number of hydrogen-bond acceptors (Lipinski definition) is 3. The van der Waals surface area contributed by atoms with E-state index in [0.29, 0.717) is 5.69 Å². The molecule has 0 saturated carbocycles. The van der Waals surface area contributed by atoms with Gasteiger partial charge in [-0.05, 0) is 24.6 Å². The third kappa shape index (κ3) is 2.54. The summed E-state index contributed by atoms with van der Waals surface area (Å²) in [6.07, 6.45) is 3.52. The molecule has 0 radical (unpaired) electrons. The van der Waals surface area contributed by atoms with Crippen LogP contribution < -0.4 is 0 Å². The molecule has 0 fully saturated rings. The Morgan fingerprint density at radius 3 is 2.95 bits per heavy atom. The molecule has 0 N–H and O–H groups in total. The third-order valence-electron chi connectivity index (χ3n) is 3.03. The lowest BCUT2D eigenvalue weighted by Gasteiger charge is -2.03. The van der Waals surface area contributed by atoms with Crippen LogP contribution in [0.2, 0.25) is 0 Å². The average molecular weight is 266 g/mol. The number of fused-ring (bicyclic) bond motifs is 1. The van der Waals surface area contributed by atoms with Crippen LogP contribution in [0.1, 0.15) is 21.6 Å². The lowest BCUT2D eigenvalue weighted by molar-refractivity contribution is 0.0466. The highest BCUT2D eigenvalue weighted by Crippen LogP contribution is 2.09. The fraction of sp³-hybridized carbons (Fsp3) is 0.125. The van der Waals surface area contributed by atoms with Crippen LogP contribution in [0.3, 0.4) is 0 Å². The van der Waals surface area contributed by atoms with Crippen molar-refractivity contribution in [2.45, 2.75) is 13.5 Å². The second-order valence-electron chi connectivity index (χ2n) is 4.66. The molecule has 20 heavy (non-hydrogen) atoms. The fourth-order valence-electron chi connectivity index (χ4n) is 2.06. The Bertz CT molecular complexity index is 729. The Balaban J connectivity index is 1.73. The summed E-state index contributed by atoms with van der Waals surface area (Å²) in [6.45, 7) is 2.27. The Morgan fingerprint density at radius 2 is 2.15 bits per heavy atom. The van der Waals surface area contributed by atoms with Crippen molar-refractivity contribution in [1.82, 2.24) is 9.38 Å². The first-order valence-corrected chi connectivity index (χ1v) is 6.39. The van der Waals surface area contributed by atoms with Gasteiger partial charge in [0.1, 0.15) is 12.3 Å². The van der Waals surface area contributed by atoms with E-state index in [2.05, 4.69) is 4.98 Å². The van der Waals surface area contributed by atoms with Gasteiger partial charge < -0.3 is 9.14 Å². The Hall–Kier alpha value is -2.62. The highest BCUT2D eigenvalue weighted by molar-refractivity contribution is 5.87. The average Bonchev–Trinajstić information content (AvgIpc) is 2.89. The second-order valence-corrected chi connectivity index (χ2v) is 4.66. The number of benzene rings is 1. The number of imidazole rings is 1. The standard InChI is InChI=1S/C16H14N2O2/c1-12-5-4-6-13(9-12)11-20-16(19)14-10-18-8-3-2-7-15(18)17-14/h2-10H,11H2,1H3.